The normalized spacial score (nSPS) is 25.5. The van der Waals surface area contributed by atoms with Crippen molar-refractivity contribution < 1.29 is 19.1 Å². The maximum absolute atomic E-state index is 13.3. The minimum absolute atomic E-state index is 0.0623. The van der Waals surface area contributed by atoms with Crippen molar-refractivity contribution in [3.63, 3.8) is 0 Å². The zero-order chi connectivity index (χ0) is 22.4. The van der Waals surface area contributed by atoms with E-state index < -0.39 is 11.6 Å². The van der Waals surface area contributed by atoms with Gasteiger partial charge in [0.1, 0.15) is 12.6 Å². The van der Waals surface area contributed by atoms with E-state index in [1.165, 1.54) is 5.56 Å². The Bertz CT molecular complexity index is 865. The van der Waals surface area contributed by atoms with Gasteiger partial charge >= 0.3 is 5.97 Å². The Hall–Kier alpha value is -2.17. The van der Waals surface area contributed by atoms with Gasteiger partial charge in [-0.3, -0.25) is 0 Å². The summed E-state index contributed by atoms with van der Waals surface area (Å²) in [5.74, 6) is -0.522. The molecule has 0 amide bonds. The molecule has 0 spiro atoms. The van der Waals surface area contributed by atoms with Crippen LogP contribution in [0.5, 0.6) is 0 Å². The van der Waals surface area contributed by atoms with Gasteiger partial charge in [-0.15, -0.1) is 0 Å². The second kappa shape index (κ2) is 10.2. The van der Waals surface area contributed by atoms with Crippen molar-refractivity contribution >= 4 is 5.97 Å². The Balaban J connectivity index is 1.38. The Morgan fingerprint density at radius 3 is 2.34 bits per heavy atom. The third-order valence-electron chi connectivity index (χ3n) is 7.94. The summed E-state index contributed by atoms with van der Waals surface area (Å²) in [4.78, 5) is 13.3. The Morgan fingerprint density at radius 1 is 1.00 bits per heavy atom. The van der Waals surface area contributed by atoms with Crippen molar-refractivity contribution in [3.05, 3.63) is 71.8 Å². The van der Waals surface area contributed by atoms with Crippen molar-refractivity contribution in [1.29, 1.82) is 0 Å². The van der Waals surface area contributed by atoms with E-state index in [2.05, 4.69) is 37.4 Å². The van der Waals surface area contributed by atoms with E-state index in [1.807, 2.05) is 30.3 Å². The van der Waals surface area contributed by atoms with E-state index in [9.17, 15) is 9.90 Å². The van der Waals surface area contributed by atoms with E-state index in [0.29, 0.717) is 18.2 Å². The van der Waals surface area contributed by atoms with Gasteiger partial charge in [-0.2, -0.15) is 0 Å². The van der Waals surface area contributed by atoms with Crippen LogP contribution in [-0.4, -0.2) is 48.3 Å². The van der Waals surface area contributed by atoms with Crippen LogP contribution >= 0.6 is 0 Å². The molecule has 1 aliphatic carbocycles. The van der Waals surface area contributed by atoms with Gasteiger partial charge in [0, 0.05) is 25.2 Å². The van der Waals surface area contributed by atoms with E-state index >= 15 is 0 Å². The fourth-order valence-electron chi connectivity index (χ4n) is 5.87. The van der Waals surface area contributed by atoms with Crippen LogP contribution in [0.4, 0.5) is 0 Å². The number of esters is 1. The number of aliphatic hydroxyl groups is 1. The molecule has 32 heavy (non-hydrogen) atoms. The van der Waals surface area contributed by atoms with E-state index in [1.54, 1.807) is 0 Å². The van der Waals surface area contributed by atoms with Crippen LogP contribution in [0.2, 0.25) is 0 Å². The zero-order valence-electron chi connectivity index (χ0n) is 19.4. The molecule has 1 saturated heterocycles. The van der Waals surface area contributed by atoms with Crippen molar-refractivity contribution in [1.82, 2.24) is 0 Å². The summed E-state index contributed by atoms with van der Waals surface area (Å²) >= 11 is 0. The Morgan fingerprint density at radius 2 is 1.66 bits per heavy atom. The lowest BCUT2D eigenvalue weighted by Crippen LogP contribution is -2.52. The van der Waals surface area contributed by atoms with Crippen LogP contribution in [0.25, 0.3) is 0 Å². The molecule has 4 nitrogen and oxygen atoms in total. The molecule has 2 fully saturated rings. The molecule has 2 aliphatic rings. The van der Waals surface area contributed by atoms with Crippen LogP contribution in [0, 0.1) is 5.92 Å². The minimum Gasteiger partial charge on any atom is -0.457 e. The van der Waals surface area contributed by atoms with Gasteiger partial charge < -0.3 is 14.3 Å². The van der Waals surface area contributed by atoms with Crippen LogP contribution in [0.15, 0.2) is 60.7 Å². The summed E-state index contributed by atoms with van der Waals surface area (Å²) in [6, 6.07) is 20.4. The molecule has 2 aromatic carbocycles. The van der Waals surface area contributed by atoms with Crippen LogP contribution in [0.1, 0.15) is 56.1 Å². The number of aryl methyl sites for hydroxylation is 1. The number of rotatable bonds is 9. The molecule has 4 rings (SSSR count). The lowest BCUT2D eigenvalue weighted by atomic mass is 9.80. The highest BCUT2D eigenvalue weighted by molar-refractivity contribution is 5.81. The van der Waals surface area contributed by atoms with Gasteiger partial charge in [-0.1, -0.05) is 73.5 Å². The molecule has 0 radical (unpaired) electrons. The zero-order valence-corrected chi connectivity index (χ0v) is 19.4. The molecule has 3 atom stereocenters. The highest BCUT2D eigenvalue weighted by atomic mass is 16.6. The van der Waals surface area contributed by atoms with E-state index in [0.717, 1.165) is 68.9 Å². The topological polar surface area (TPSA) is 46.5 Å². The maximum atomic E-state index is 13.3. The van der Waals surface area contributed by atoms with Gasteiger partial charge in [0.2, 0.25) is 0 Å². The maximum Gasteiger partial charge on any atom is 0.343 e. The lowest BCUT2D eigenvalue weighted by Gasteiger charge is -2.37. The summed E-state index contributed by atoms with van der Waals surface area (Å²) in [5, 5.41) is 11.6. The van der Waals surface area contributed by atoms with Crippen molar-refractivity contribution in [2.45, 2.75) is 63.0 Å². The standard InChI is InChI=1S/C28H38NO3/c1-29(20-10-14-23-12-4-2-5-13-23)21-11-19-26(29)22-32-27(30)28(31,25-17-8-9-18-25)24-15-6-3-7-16-24/h2-7,12-13,15-16,25-26,31H,8-11,14,17-22H2,1H3/q+1/t26-,28?,29?/m1/s1. The van der Waals surface area contributed by atoms with Crippen molar-refractivity contribution in [2.75, 3.05) is 26.7 Å². The number of ether oxygens (including phenoxy) is 1. The first-order valence-electron chi connectivity index (χ1n) is 12.4. The molecule has 172 valence electrons. The predicted octanol–water partition coefficient (Wildman–Crippen LogP) is 4.85. The van der Waals surface area contributed by atoms with Crippen LogP contribution < -0.4 is 0 Å². The first-order chi connectivity index (χ1) is 15.5. The summed E-state index contributed by atoms with van der Waals surface area (Å²) in [7, 11) is 2.30. The molecule has 1 heterocycles. The molecule has 2 aromatic rings. The molecule has 1 aliphatic heterocycles. The summed E-state index contributed by atoms with van der Waals surface area (Å²) in [5.41, 5.74) is 0.516. The van der Waals surface area contributed by atoms with Gasteiger partial charge in [-0.25, -0.2) is 4.79 Å². The predicted molar refractivity (Wildman–Crippen MR) is 127 cm³/mol. The molecule has 0 bridgehead atoms. The molecular formula is C28H38NO3+. The average Bonchev–Trinajstić information content (AvgIpc) is 3.49. The number of likely N-dealkylation sites (tertiary alicyclic amines) is 1. The number of carbonyl (C=O) groups excluding carboxylic acids is 1. The average molecular weight is 437 g/mol. The number of benzene rings is 2. The molecule has 0 aromatic heterocycles. The number of quaternary nitrogens is 1. The Labute approximate surface area is 192 Å². The fraction of sp³-hybridized carbons (Fsp3) is 0.536. The highest BCUT2D eigenvalue weighted by Gasteiger charge is 2.48. The number of nitrogens with zero attached hydrogens (tertiary/aromatic N) is 1. The summed E-state index contributed by atoms with van der Waals surface area (Å²) < 4.78 is 6.87. The molecular weight excluding hydrogens is 398 g/mol. The fourth-order valence-corrected chi connectivity index (χ4v) is 5.87. The van der Waals surface area contributed by atoms with Crippen molar-refractivity contribution in [2.24, 2.45) is 5.92 Å². The van der Waals surface area contributed by atoms with Gasteiger partial charge in [0.05, 0.1) is 20.1 Å². The third-order valence-corrected chi connectivity index (χ3v) is 7.94. The molecule has 1 N–H and O–H groups in total. The Kier molecular flexibility index (Phi) is 7.32. The number of hydrogen-bond donors (Lipinski definition) is 1. The minimum atomic E-state index is -1.53. The number of hydrogen-bond acceptors (Lipinski definition) is 3. The smallest absolute Gasteiger partial charge is 0.343 e. The molecule has 1 saturated carbocycles. The van der Waals surface area contributed by atoms with Gasteiger partial charge in [0.15, 0.2) is 5.60 Å². The second-order valence-corrected chi connectivity index (χ2v) is 10.0. The van der Waals surface area contributed by atoms with Crippen LogP contribution in [0.3, 0.4) is 0 Å². The van der Waals surface area contributed by atoms with Gasteiger partial charge in [0.25, 0.3) is 0 Å². The summed E-state index contributed by atoms with van der Waals surface area (Å²) in [6.45, 7) is 2.60. The molecule has 4 heteroatoms. The van der Waals surface area contributed by atoms with E-state index in [4.69, 9.17) is 4.74 Å². The van der Waals surface area contributed by atoms with Gasteiger partial charge in [-0.05, 0) is 30.4 Å². The largest absolute Gasteiger partial charge is 0.457 e. The quantitative estimate of drug-likeness (QED) is 0.452. The highest BCUT2D eigenvalue weighted by Crippen LogP contribution is 2.41. The number of carbonyl (C=O) groups is 1. The second-order valence-electron chi connectivity index (χ2n) is 10.0. The summed E-state index contributed by atoms with van der Waals surface area (Å²) in [6.07, 6.45) is 8.31. The van der Waals surface area contributed by atoms with Crippen LogP contribution in [-0.2, 0) is 21.6 Å². The SMILES string of the molecule is C[N+]1(CCCc2ccccc2)CCC[C@@H]1COC(=O)C(O)(c1ccccc1)C1CCCC1. The first kappa shape index (κ1) is 23.0. The lowest BCUT2D eigenvalue weighted by molar-refractivity contribution is -0.921. The third kappa shape index (κ3) is 4.92. The first-order valence-corrected chi connectivity index (χ1v) is 12.4. The molecule has 2 unspecified atom stereocenters. The van der Waals surface area contributed by atoms with Crippen molar-refractivity contribution in [3.8, 4) is 0 Å². The van der Waals surface area contributed by atoms with E-state index in [-0.39, 0.29) is 5.92 Å². The number of likely N-dealkylation sites (N-methyl/N-ethyl adjacent to an activating group) is 1. The monoisotopic (exact) mass is 436 g/mol.